The fourth-order valence-electron chi connectivity index (χ4n) is 4.50. The van der Waals surface area contributed by atoms with Crippen molar-refractivity contribution in [1.82, 2.24) is 14.8 Å². The van der Waals surface area contributed by atoms with E-state index in [0.29, 0.717) is 27.9 Å². The third-order valence-corrected chi connectivity index (χ3v) is 7.52. The molecule has 1 saturated heterocycles. The minimum atomic E-state index is -0.673. The van der Waals surface area contributed by atoms with Crippen molar-refractivity contribution in [1.29, 1.82) is 0 Å². The highest BCUT2D eigenvalue weighted by Crippen LogP contribution is 2.32. The Morgan fingerprint density at radius 1 is 1.00 bits per heavy atom. The summed E-state index contributed by atoms with van der Waals surface area (Å²) in [6, 6.07) is 14.3. The number of hydrogen-bond donors (Lipinski definition) is 2. The summed E-state index contributed by atoms with van der Waals surface area (Å²) in [7, 11) is 0. The van der Waals surface area contributed by atoms with Crippen LogP contribution in [0, 0.1) is 0 Å². The summed E-state index contributed by atoms with van der Waals surface area (Å²) in [6.07, 6.45) is 1.87. The summed E-state index contributed by atoms with van der Waals surface area (Å²) >= 11 is 12.5. The Morgan fingerprint density at radius 2 is 1.77 bits per heavy atom. The SMILES string of the molecule is NCC(=O)NCC(=O)OCn1c(=O)ccc2ccc(OCCCCN3CCN(c4cccc(Cl)c4Cl)CC3)cc21. The number of nitrogens with one attached hydrogen (secondary N) is 1. The quantitative estimate of drug-likeness (QED) is 0.244. The van der Waals surface area contributed by atoms with Crippen LogP contribution in [0.3, 0.4) is 0 Å². The lowest BCUT2D eigenvalue weighted by Gasteiger charge is -2.36. The van der Waals surface area contributed by atoms with Crippen LogP contribution in [0.5, 0.6) is 5.75 Å². The summed E-state index contributed by atoms with van der Waals surface area (Å²) in [5.41, 5.74) is 6.45. The molecule has 1 fully saturated rings. The van der Waals surface area contributed by atoms with Gasteiger partial charge >= 0.3 is 5.97 Å². The number of unbranched alkanes of at least 4 members (excludes halogenated alkanes) is 1. The number of piperazine rings is 1. The number of amides is 1. The van der Waals surface area contributed by atoms with Crippen molar-refractivity contribution in [2.24, 2.45) is 5.73 Å². The first-order valence-electron chi connectivity index (χ1n) is 13.2. The first-order chi connectivity index (χ1) is 19.4. The van der Waals surface area contributed by atoms with Crippen LogP contribution in [0.1, 0.15) is 12.8 Å². The van der Waals surface area contributed by atoms with Crippen LogP contribution in [-0.2, 0) is 21.1 Å². The number of benzene rings is 2. The van der Waals surface area contributed by atoms with Crippen molar-refractivity contribution < 1.29 is 19.1 Å². The molecule has 1 aliphatic rings. The van der Waals surface area contributed by atoms with E-state index in [2.05, 4.69) is 15.1 Å². The number of fused-ring (bicyclic) bond motifs is 1. The zero-order valence-electron chi connectivity index (χ0n) is 22.1. The van der Waals surface area contributed by atoms with Gasteiger partial charge in [-0.1, -0.05) is 29.3 Å². The number of rotatable bonds is 12. The van der Waals surface area contributed by atoms with Gasteiger partial charge in [-0.25, -0.2) is 0 Å². The largest absolute Gasteiger partial charge is 0.494 e. The smallest absolute Gasteiger partial charge is 0.327 e. The topological polar surface area (TPSA) is 119 Å². The molecule has 0 atom stereocenters. The van der Waals surface area contributed by atoms with Gasteiger partial charge in [0.2, 0.25) is 5.91 Å². The van der Waals surface area contributed by atoms with E-state index in [-0.39, 0.29) is 25.4 Å². The van der Waals surface area contributed by atoms with Gasteiger partial charge < -0.3 is 25.4 Å². The monoisotopic (exact) mass is 589 g/mol. The average molecular weight is 591 g/mol. The van der Waals surface area contributed by atoms with Crippen LogP contribution in [0.15, 0.2) is 53.3 Å². The Morgan fingerprint density at radius 3 is 2.55 bits per heavy atom. The fourth-order valence-corrected chi connectivity index (χ4v) is 4.91. The number of halogens is 2. The highest BCUT2D eigenvalue weighted by molar-refractivity contribution is 6.43. The van der Waals surface area contributed by atoms with Crippen LogP contribution in [-0.4, -0.2) is 73.8 Å². The van der Waals surface area contributed by atoms with E-state index in [9.17, 15) is 14.4 Å². The number of carbonyl (C=O) groups excluding carboxylic acids is 2. The summed E-state index contributed by atoms with van der Waals surface area (Å²) in [5.74, 6) is -0.518. The van der Waals surface area contributed by atoms with Crippen molar-refractivity contribution in [3.63, 3.8) is 0 Å². The number of esters is 1. The van der Waals surface area contributed by atoms with Crippen molar-refractivity contribution in [2.75, 3.05) is 57.3 Å². The van der Waals surface area contributed by atoms with Crippen LogP contribution < -0.4 is 26.2 Å². The molecule has 0 unspecified atom stereocenters. The molecule has 1 aromatic heterocycles. The van der Waals surface area contributed by atoms with Crippen LogP contribution >= 0.6 is 23.2 Å². The molecule has 0 radical (unpaired) electrons. The predicted molar refractivity (Wildman–Crippen MR) is 156 cm³/mol. The Labute approximate surface area is 242 Å². The van der Waals surface area contributed by atoms with Gasteiger partial charge in [0.05, 0.1) is 34.4 Å². The molecule has 12 heteroatoms. The van der Waals surface area contributed by atoms with Gasteiger partial charge in [-0.2, -0.15) is 0 Å². The zero-order valence-corrected chi connectivity index (χ0v) is 23.6. The molecule has 1 aliphatic heterocycles. The second-order valence-electron chi connectivity index (χ2n) is 9.40. The summed E-state index contributed by atoms with van der Waals surface area (Å²) in [6.45, 7) is 4.39. The van der Waals surface area contributed by atoms with Gasteiger partial charge in [0.1, 0.15) is 12.3 Å². The third-order valence-electron chi connectivity index (χ3n) is 6.72. The standard InChI is InChI=1S/C28H33Cl2N5O5/c29-22-4-3-5-23(28(22)30)34-13-11-33(12-14-34)10-1-2-15-39-21-8-6-20-7-9-26(37)35(24(20)16-21)19-40-27(38)18-32-25(36)17-31/h3-9,16H,1-2,10-15,17-19,31H2,(H,32,36). The fraction of sp³-hybridized carbons (Fsp3) is 0.393. The van der Waals surface area contributed by atoms with Gasteiger partial charge in [0, 0.05) is 38.3 Å². The molecule has 3 aromatic rings. The Hall–Kier alpha value is -3.31. The molecule has 2 aromatic carbocycles. The third kappa shape index (κ3) is 7.88. The molecule has 0 saturated carbocycles. The maximum Gasteiger partial charge on any atom is 0.327 e. The van der Waals surface area contributed by atoms with Crippen molar-refractivity contribution in [2.45, 2.75) is 19.6 Å². The van der Waals surface area contributed by atoms with E-state index >= 15 is 0 Å². The van der Waals surface area contributed by atoms with E-state index in [1.807, 2.05) is 24.3 Å². The first-order valence-corrected chi connectivity index (χ1v) is 13.9. The predicted octanol–water partition coefficient (Wildman–Crippen LogP) is 2.87. The normalized spacial score (nSPS) is 13.8. The Bertz CT molecular complexity index is 1390. The second-order valence-corrected chi connectivity index (χ2v) is 10.2. The van der Waals surface area contributed by atoms with E-state index < -0.39 is 11.9 Å². The molecular formula is C28H33Cl2N5O5. The number of anilines is 1. The molecule has 0 bridgehead atoms. The summed E-state index contributed by atoms with van der Waals surface area (Å²) in [4.78, 5) is 40.3. The number of pyridine rings is 1. The minimum Gasteiger partial charge on any atom is -0.494 e. The highest BCUT2D eigenvalue weighted by atomic mass is 35.5. The highest BCUT2D eigenvalue weighted by Gasteiger charge is 2.19. The van der Waals surface area contributed by atoms with Crippen molar-refractivity contribution in [3.05, 3.63) is 68.9 Å². The number of nitrogens with zero attached hydrogens (tertiary/aromatic N) is 3. The first kappa shape index (κ1) is 29.7. The average Bonchev–Trinajstić information content (AvgIpc) is 2.97. The lowest BCUT2D eigenvalue weighted by atomic mass is 10.2. The summed E-state index contributed by atoms with van der Waals surface area (Å²) in [5, 5.41) is 4.32. The second kappa shape index (κ2) is 14.4. The lowest BCUT2D eigenvalue weighted by molar-refractivity contribution is -0.147. The molecule has 0 aliphatic carbocycles. The maximum atomic E-state index is 12.5. The molecule has 214 valence electrons. The van der Waals surface area contributed by atoms with Crippen LogP contribution in [0.4, 0.5) is 5.69 Å². The molecule has 0 spiro atoms. The molecule has 4 rings (SSSR count). The van der Waals surface area contributed by atoms with Crippen molar-refractivity contribution >= 4 is 51.7 Å². The number of hydrogen-bond acceptors (Lipinski definition) is 8. The maximum absolute atomic E-state index is 12.5. The lowest BCUT2D eigenvalue weighted by Crippen LogP contribution is -2.46. The van der Waals surface area contributed by atoms with Gasteiger partial charge in [0.25, 0.3) is 5.56 Å². The van der Waals surface area contributed by atoms with Crippen molar-refractivity contribution in [3.8, 4) is 5.75 Å². The minimum absolute atomic E-state index is 0.226. The van der Waals surface area contributed by atoms with Crippen LogP contribution in [0.2, 0.25) is 10.0 Å². The van der Waals surface area contributed by atoms with E-state index in [0.717, 1.165) is 56.6 Å². The number of carbonyl (C=O) groups is 2. The van der Waals surface area contributed by atoms with Crippen LogP contribution in [0.25, 0.3) is 10.9 Å². The molecule has 3 N–H and O–H groups in total. The van der Waals surface area contributed by atoms with Gasteiger partial charge in [-0.3, -0.25) is 23.9 Å². The Kier molecular flexibility index (Phi) is 10.7. The van der Waals surface area contributed by atoms with E-state index in [4.69, 9.17) is 38.4 Å². The Balaban J connectivity index is 1.23. The van der Waals surface area contributed by atoms with Gasteiger partial charge in [0.15, 0.2) is 6.73 Å². The number of aromatic nitrogens is 1. The summed E-state index contributed by atoms with van der Waals surface area (Å²) < 4.78 is 12.5. The van der Waals surface area contributed by atoms with Gasteiger partial charge in [-0.05, 0) is 55.1 Å². The van der Waals surface area contributed by atoms with Gasteiger partial charge in [-0.15, -0.1) is 0 Å². The number of ether oxygens (including phenoxy) is 2. The molecule has 10 nitrogen and oxygen atoms in total. The molecular weight excluding hydrogens is 557 g/mol. The zero-order chi connectivity index (χ0) is 28.5. The molecule has 2 heterocycles. The van der Waals surface area contributed by atoms with E-state index in [1.165, 1.54) is 10.6 Å². The molecule has 1 amide bonds. The number of nitrogens with two attached hydrogens (primary N) is 1. The molecule has 40 heavy (non-hydrogen) atoms. The van der Waals surface area contributed by atoms with E-state index in [1.54, 1.807) is 18.2 Å².